The van der Waals surface area contributed by atoms with Crippen LogP contribution in [-0.4, -0.2) is 6.04 Å². The Hall–Kier alpha value is -0.240. The second-order valence-corrected chi connectivity index (χ2v) is 6.27. The van der Waals surface area contributed by atoms with Gasteiger partial charge in [0.1, 0.15) is 0 Å². The van der Waals surface area contributed by atoms with Gasteiger partial charge in [0.2, 0.25) is 0 Å². The summed E-state index contributed by atoms with van der Waals surface area (Å²) in [7, 11) is 0. The van der Waals surface area contributed by atoms with Crippen molar-refractivity contribution in [2.45, 2.75) is 51.0 Å². The molecule has 18 heavy (non-hydrogen) atoms. The van der Waals surface area contributed by atoms with Crippen LogP contribution in [0.15, 0.2) is 18.2 Å². The summed E-state index contributed by atoms with van der Waals surface area (Å²) in [5.74, 6) is 0.830. The molecule has 1 atom stereocenters. The van der Waals surface area contributed by atoms with Crippen molar-refractivity contribution < 1.29 is 0 Å². The Morgan fingerprint density at radius 2 is 1.83 bits per heavy atom. The van der Waals surface area contributed by atoms with Crippen LogP contribution >= 0.6 is 23.2 Å². The maximum absolute atomic E-state index is 6.25. The zero-order valence-corrected chi connectivity index (χ0v) is 12.2. The summed E-state index contributed by atoms with van der Waals surface area (Å²) in [6, 6.07) is 6.05. The van der Waals surface area contributed by atoms with Crippen LogP contribution < -0.4 is 5.73 Å². The molecule has 1 aliphatic rings. The molecule has 0 heterocycles. The molecule has 1 saturated carbocycles. The summed E-state index contributed by atoms with van der Waals surface area (Å²) >= 11 is 11.9. The average Bonchev–Trinajstić information content (AvgIpc) is 2.35. The lowest BCUT2D eigenvalue weighted by molar-refractivity contribution is 0.317. The molecule has 2 rings (SSSR count). The largest absolute Gasteiger partial charge is 0.327 e. The molecule has 0 radical (unpaired) electrons. The maximum atomic E-state index is 6.25. The summed E-state index contributed by atoms with van der Waals surface area (Å²) in [6.07, 6.45) is 8.91. The third kappa shape index (κ3) is 4.15. The van der Waals surface area contributed by atoms with Crippen LogP contribution in [0.5, 0.6) is 0 Å². The average molecular weight is 286 g/mol. The second kappa shape index (κ2) is 6.79. The Bertz CT molecular complexity index is 386. The van der Waals surface area contributed by atoms with Crippen molar-refractivity contribution in [1.82, 2.24) is 0 Å². The number of hydrogen-bond acceptors (Lipinski definition) is 1. The van der Waals surface area contributed by atoms with Crippen LogP contribution in [0.1, 0.15) is 44.1 Å². The molecule has 1 aromatic rings. The second-order valence-electron chi connectivity index (χ2n) is 5.45. The number of benzene rings is 1. The van der Waals surface area contributed by atoms with Gasteiger partial charge in [0.05, 0.1) is 10.0 Å². The Morgan fingerprint density at radius 1 is 1.11 bits per heavy atom. The predicted molar refractivity (Wildman–Crippen MR) is 79.3 cm³/mol. The highest BCUT2D eigenvalue weighted by molar-refractivity contribution is 6.42. The minimum Gasteiger partial charge on any atom is -0.327 e. The van der Waals surface area contributed by atoms with Crippen molar-refractivity contribution in [2.75, 3.05) is 0 Å². The fourth-order valence-electron chi connectivity index (χ4n) is 2.90. The summed E-state index contributed by atoms with van der Waals surface area (Å²) in [6.45, 7) is 0. The third-order valence-electron chi connectivity index (χ3n) is 3.84. The van der Waals surface area contributed by atoms with E-state index < -0.39 is 0 Å². The van der Waals surface area contributed by atoms with E-state index in [-0.39, 0.29) is 6.04 Å². The predicted octanol–water partition coefficient (Wildman–Crippen LogP) is 4.83. The smallest absolute Gasteiger partial charge is 0.0595 e. The van der Waals surface area contributed by atoms with E-state index in [1.54, 1.807) is 0 Å². The molecule has 1 aliphatic carbocycles. The van der Waals surface area contributed by atoms with Gasteiger partial charge in [-0.15, -0.1) is 0 Å². The van der Waals surface area contributed by atoms with Gasteiger partial charge in [0.25, 0.3) is 0 Å². The first-order valence-corrected chi connectivity index (χ1v) is 7.60. The van der Waals surface area contributed by atoms with Crippen molar-refractivity contribution in [2.24, 2.45) is 11.7 Å². The monoisotopic (exact) mass is 285 g/mol. The number of halogens is 2. The van der Waals surface area contributed by atoms with Crippen LogP contribution in [0.4, 0.5) is 0 Å². The van der Waals surface area contributed by atoms with E-state index in [0.717, 1.165) is 18.8 Å². The van der Waals surface area contributed by atoms with Crippen molar-refractivity contribution in [1.29, 1.82) is 0 Å². The quantitative estimate of drug-likeness (QED) is 0.842. The molecule has 1 aromatic carbocycles. The summed E-state index contributed by atoms with van der Waals surface area (Å²) in [5.41, 5.74) is 7.44. The highest BCUT2D eigenvalue weighted by atomic mass is 35.5. The van der Waals surface area contributed by atoms with Gasteiger partial charge >= 0.3 is 0 Å². The fourth-order valence-corrected chi connectivity index (χ4v) is 3.22. The van der Waals surface area contributed by atoms with E-state index in [9.17, 15) is 0 Å². The molecule has 100 valence electrons. The third-order valence-corrected chi connectivity index (χ3v) is 4.58. The van der Waals surface area contributed by atoms with E-state index >= 15 is 0 Å². The van der Waals surface area contributed by atoms with E-state index in [4.69, 9.17) is 28.9 Å². The Kier molecular flexibility index (Phi) is 5.35. The Labute approximate surface area is 120 Å². The summed E-state index contributed by atoms with van der Waals surface area (Å²) in [4.78, 5) is 0. The molecule has 3 heteroatoms. The maximum Gasteiger partial charge on any atom is 0.0595 e. The topological polar surface area (TPSA) is 26.0 Å². The van der Waals surface area contributed by atoms with Crippen molar-refractivity contribution >= 4 is 23.2 Å². The first-order chi connectivity index (χ1) is 8.65. The number of rotatable bonds is 4. The van der Waals surface area contributed by atoms with Gasteiger partial charge < -0.3 is 5.73 Å². The fraction of sp³-hybridized carbons (Fsp3) is 0.600. The SMILES string of the molecule is NC(Cc1ccc(Cl)c(Cl)c1)CC1CCCCC1. The highest BCUT2D eigenvalue weighted by Gasteiger charge is 2.17. The standard InChI is InChI=1S/C15H21Cl2N/c16-14-7-6-12(10-15(14)17)9-13(18)8-11-4-2-1-3-5-11/h6-7,10-11,13H,1-5,8-9,18H2. The van der Waals surface area contributed by atoms with Crippen LogP contribution in [0, 0.1) is 5.92 Å². The molecule has 1 nitrogen and oxygen atoms in total. The van der Waals surface area contributed by atoms with Gasteiger partial charge in [-0.05, 0) is 36.5 Å². The van der Waals surface area contributed by atoms with Crippen LogP contribution in [0.3, 0.4) is 0 Å². The Balaban J connectivity index is 1.85. The molecule has 2 N–H and O–H groups in total. The molecule has 0 aliphatic heterocycles. The molecule has 1 unspecified atom stereocenters. The molecule has 0 spiro atoms. The van der Waals surface area contributed by atoms with Crippen molar-refractivity contribution in [3.05, 3.63) is 33.8 Å². The number of hydrogen-bond donors (Lipinski definition) is 1. The lowest BCUT2D eigenvalue weighted by Crippen LogP contribution is -2.27. The first-order valence-electron chi connectivity index (χ1n) is 6.84. The van der Waals surface area contributed by atoms with Crippen LogP contribution in [-0.2, 0) is 6.42 Å². The molecule has 0 bridgehead atoms. The van der Waals surface area contributed by atoms with Crippen LogP contribution in [0.2, 0.25) is 10.0 Å². The summed E-state index contributed by atoms with van der Waals surface area (Å²) < 4.78 is 0. The normalized spacial score (nSPS) is 18.8. The molecular formula is C15H21Cl2N. The zero-order chi connectivity index (χ0) is 13.0. The molecular weight excluding hydrogens is 265 g/mol. The molecule has 0 amide bonds. The van der Waals surface area contributed by atoms with Crippen LogP contribution in [0.25, 0.3) is 0 Å². The lowest BCUT2D eigenvalue weighted by atomic mass is 9.84. The van der Waals surface area contributed by atoms with Gasteiger partial charge in [-0.3, -0.25) is 0 Å². The van der Waals surface area contributed by atoms with Gasteiger partial charge in [-0.25, -0.2) is 0 Å². The highest BCUT2D eigenvalue weighted by Crippen LogP contribution is 2.28. The van der Waals surface area contributed by atoms with Gasteiger partial charge in [0, 0.05) is 6.04 Å². The van der Waals surface area contributed by atoms with E-state index in [0.29, 0.717) is 10.0 Å². The molecule has 0 saturated heterocycles. The van der Waals surface area contributed by atoms with Gasteiger partial charge in [0.15, 0.2) is 0 Å². The summed E-state index contributed by atoms with van der Waals surface area (Å²) in [5, 5.41) is 1.24. The molecule has 1 fully saturated rings. The first kappa shape index (κ1) is 14.2. The lowest BCUT2D eigenvalue weighted by Gasteiger charge is -2.24. The van der Waals surface area contributed by atoms with E-state index in [1.807, 2.05) is 18.2 Å². The van der Waals surface area contributed by atoms with Gasteiger partial charge in [-0.1, -0.05) is 61.4 Å². The number of nitrogens with two attached hydrogens (primary N) is 1. The minimum absolute atomic E-state index is 0.241. The minimum atomic E-state index is 0.241. The van der Waals surface area contributed by atoms with Crippen molar-refractivity contribution in [3.8, 4) is 0 Å². The van der Waals surface area contributed by atoms with E-state index in [1.165, 1.54) is 37.7 Å². The van der Waals surface area contributed by atoms with E-state index in [2.05, 4.69) is 0 Å². The molecule has 0 aromatic heterocycles. The Morgan fingerprint density at radius 3 is 2.50 bits per heavy atom. The van der Waals surface area contributed by atoms with Gasteiger partial charge in [-0.2, -0.15) is 0 Å². The zero-order valence-electron chi connectivity index (χ0n) is 10.7. The van der Waals surface area contributed by atoms with Crippen molar-refractivity contribution in [3.63, 3.8) is 0 Å².